The lowest BCUT2D eigenvalue weighted by Gasteiger charge is -2.12. The van der Waals surface area contributed by atoms with Crippen molar-refractivity contribution in [1.82, 2.24) is 0 Å². The van der Waals surface area contributed by atoms with Gasteiger partial charge in [-0.25, -0.2) is 0 Å². The van der Waals surface area contributed by atoms with Crippen LogP contribution in [0.15, 0.2) is 12.2 Å². The molecule has 0 amide bonds. The average Bonchev–Trinajstić information content (AvgIpc) is 2.59. The fourth-order valence-corrected chi connectivity index (χ4v) is 2.60. The quantitative estimate of drug-likeness (QED) is 0.225. The van der Waals surface area contributed by atoms with Gasteiger partial charge in [0.25, 0.3) is 0 Å². The molecule has 24 heavy (non-hydrogen) atoms. The number of methoxy groups -OCH3 is 2. The highest BCUT2D eigenvalue weighted by Gasteiger charge is 2.15. The molecule has 140 valence electrons. The Bertz CT molecular complexity index is 350. The Hall–Kier alpha value is -1.16. The number of ether oxygens (including phenoxy) is 2. The molecule has 4 heteroatoms. The zero-order valence-electron chi connectivity index (χ0n) is 15.9. The Kier molecular flexibility index (Phi) is 15.9. The average molecular weight is 341 g/mol. The summed E-state index contributed by atoms with van der Waals surface area (Å²) in [6, 6.07) is 0. The number of hydrogen-bond acceptors (Lipinski definition) is 4. The lowest BCUT2D eigenvalue weighted by Crippen LogP contribution is -2.22. The Morgan fingerprint density at radius 2 is 1.62 bits per heavy atom. The molecule has 0 heterocycles. The number of carbonyl (C=O) groups excluding carboxylic acids is 2. The molecule has 0 saturated heterocycles. The molecule has 1 atom stereocenters. The van der Waals surface area contributed by atoms with E-state index in [9.17, 15) is 9.59 Å². The van der Waals surface area contributed by atoms with Crippen molar-refractivity contribution in [3.8, 4) is 0 Å². The van der Waals surface area contributed by atoms with E-state index in [0.717, 1.165) is 64.2 Å². The maximum absolute atomic E-state index is 12.0. The lowest BCUT2D eigenvalue weighted by atomic mass is 10.0. The third-order valence-corrected chi connectivity index (χ3v) is 4.18. The molecule has 0 rings (SSSR count). The highest BCUT2D eigenvalue weighted by molar-refractivity contribution is 5.84. The fourth-order valence-electron chi connectivity index (χ4n) is 2.60. The summed E-state index contributed by atoms with van der Waals surface area (Å²) in [6.07, 6.45) is 15.5. The number of esters is 1. The maximum atomic E-state index is 12.0. The summed E-state index contributed by atoms with van der Waals surface area (Å²) >= 11 is 0. The third kappa shape index (κ3) is 13.3. The molecule has 1 unspecified atom stereocenters. The highest BCUT2D eigenvalue weighted by Crippen LogP contribution is 2.11. The van der Waals surface area contributed by atoms with Gasteiger partial charge in [-0.2, -0.15) is 0 Å². The van der Waals surface area contributed by atoms with Crippen LogP contribution in [0.25, 0.3) is 0 Å². The summed E-state index contributed by atoms with van der Waals surface area (Å²) < 4.78 is 9.91. The van der Waals surface area contributed by atoms with Gasteiger partial charge in [0.05, 0.1) is 7.11 Å². The number of ketones is 1. The van der Waals surface area contributed by atoms with Crippen molar-refractivity contribution in [2.45, 2.75) is 90.1 Å². The Balaban J connectivity index is 3.59. The Labute approximate surface area is 148 Å². The summed E-state index contributed by atoms with van der Waals surface area (Å²) in [5.74, 6) is 0.0688. The Morgan fingerprint density at radius 1 is 0.917 bits per heavy atom. The van der Waals surface area contributed by atoms with Crippen LogP contribution in [0.5, 0.6) is 0 Å². The van der Waals surface area contributed by atoms with Gasteiger partial charge in [-0.05, 0) is 25.7 Å². The minimum absolute atomic E-state index is 0.119. The summed E-state index contributed by atoms with van der Waals surface area (Å²) in [4.78, 5) is 23.0. The van der Waals surface area contributed by atoms with Gasteiger partial charge in [-0.1, -0.05) is 57.6 Å². The van der Waals surface area contributed by atoms with E-state index in [2.05, 4.69) is 17.7 Å². The number of unbranched alkanes of at least 4 members (excludes halogenated alkanes) is 7. The smallest absolute Gasteiger partial charge is 0.305 e. The molecule has 0 bridgehead atoms. The van der Waals surface area contributed by atoms with Gasteiger partial charge >= 0.3 is 5.97 Å². The molecule has 0 aromatic carbocycles. The molecular weight excluding hydrogens is 304 g/mol. The zero-order valence-corrected chi connectivity index (χ0v) is 15.9. The van der Waals surface area contributed by atoms with E-state index in [1.165, 1.54) is 7.11 Å². The molecule has 0 radical (unpaired) electrons. The fraction of sp³-hybridized carbons (Fsp3) is 0.800. The number of rotatable bonds is 16. The molecule has 0 N–H and O–H groups in total. The molecule has 4 nitrogen and oxygen atoms in total. The van der Waals surface area contributed by atoms with Crippen LogP contribution in [0, 0.1) is 0 Å². The molecule has 0 saturated carbocycles. The molecule has 0 aliphatic heterocycles. The van der Waals surface area contributed by atoms with E-state index in [-0.39, 0.29) is 17.9 Å². The molecular formula is C20H36O4. The highest BCUT2D eigenvalue weighted by atomic mass is 16.5. The maximum Gasteiger partial charge on any atom is 0.305 e. The first-order valence-corrected chi connectivity index (χ1v) is 9.43. The SMILES string of the molecule is CCCCCC(OC)C(=O)C/C=C\CCCCCCCC(=O)OC. The summed E-state index contributed by atoms with van der Waals surface area (Å²) in [5.41, 5.74) is 0. The number of hydrogen-bond donors (Lipinski definition) is 0. The van der Waals surface area contributed by atoms with Crippen molar-refractivity contribution in [2.75, 3.05) is 14.2 Å². The van der Waals surface area contributed by atoms with Crippen LogP contribution in [0.2, 0.25) is 0 Å². The van der Waals surface area contributed by atoms with Crippen LogP contribution in [-0.4, -0.2) is 32.1 Å². The molecule has 0 spiro atoms. The minimum Gasteiger partial charge on any atom is -0.469 e. The number of allylic oxidation sites excluding steroid dienone is 2. The summed E-state index contributed by atoms with van der Waals surface area (Å²) in [6.45, 7) is 2.16. The normalized spacial score (nSPS) is 12.5. The number of Topliss-reactive ketones (excluding diaryl/α,β-unsaturated/α-hetero) is 1. The Morgan fingerprint density at radius 3 is 2.29 bits per heavy atom. The zero-order chi connectivity index (χ0) is 18.0. The predicted molar refractivity (Wildman–Crippen MR) is 98.0 cm³/mol. The van der Waals surface area contributed by atoms with Crippen LogP contribution < -0.4 is 0 Å². The van der Waals surface area contributed by atoms with E-state index in [0.29, 0.717) is 12.8 Å². The topological polar surface area (TPSA) is 52.6 Å². The van der Waals surface area contributed by atoms with Gasteiger partial charge in [0.15, 0.2) is 5.78 Å². The second kappa shape index (κ2) is 16.7. The predicted octanol–water partition coefficient (Wildman–Crippen LogP) is 5.00. The molecule has 0 aliphatic rings. The van der Waals surface area contributed by atoms with E-state index in [1.54, 1.807) is 7.11 Å². The van der Waals surface area contributed by atoms with Crippen LogP contribution in [0.1, 0.15) is 84.0 Å². The molecule has 0 aromatic rings. The van der Waals surface area contributed by atoms with Crippen molar-refractivity contribution >= 4 is 11.8 Å². The van der Waals surface area contributed by atoms with Crippen molar-refractivity contribution in [2.24, 2.45) is 0 Å². The van der Waals surface area contributed by atoms with E-state index in [1.807, 2.05) is 6.08 Å². The monoisotopic (exact) mass is 340 g/mol. The van der Waals surface area contributed by atoms with Crippen molar-refractivity contribution in [1.29, 1.82) is 0 Å². The number of carbonyl (C=O) groups is 2. The van der Waals surface area contributed by atoms with Gasteiger partial charge < -0.3 is 9.47 Å². The first-order valence-electron chi connectivity index (χ1n) is 9.43. The first kappa shape index (κ1) is 22.8. The largest absolute Gasteiger partial charge is 0.469 e. The van der Waals surface area contributed by atoms with Crippen LogP contribution in [-0.2, 0) is 19.1 Å². The third-order valence-electron chi connectivity index (χ3n) is 4.18. The first-order chi connectivity index (χ1) is 11.7. The van der Waals surface area contributed by atoms with E-state index < -0.39 is 0 Å². The second-order valence-corrected chi connectivity index (χ2v) is 6.24. The summed E-state index contributed by atoms with van der Waals surface area (Å²) in [5, 5.41) is 0. The minimum atomic E-state index is -0.240. The van der Waals surface area contributed by atoms with Crippen molar-refractivity contribution < 1.29 is 19.1 Å². The molecule has 0 aliphatic carbocycles. The molecule has 0 fully saturated rings. The second-order valence-electron chi connectivity index (χ2n) is 6.24. The lowest BCUT2D eigenvalue weighted by molar-refractivity contribution is -0.140. The van der Waals surface area contributed by atoms with Gasteiger partial charge in [0.2, 0.25) is 0 Å². The van der Waals surface area contributed by atoms with E-state index >= 15 is 0 Å². The van der Waals surface area contributed by atoms with Gasteiger partial charge in [-0.15, -0.1) is 0 Å². The van der Waals surface area contributed by atoms with Crippen molar-refractivity contribution in [3.63, 3.8) is 0 Å². The molecule has 0 aromatic heterocycles. The van der Waals surface area contributed by atoms with Gasteiger partial charge in [-0.3, -0.25) is 9.59 Å². The van der Waals surface area contributed by atoms with Crippen molar-refractivity contribution in [3.05, 3.63) is 12.2 Å². The standard InChI is InChI=1S/C20H36O4/c1-4-5-12-16-19(23-2)18(21)15-13-10-8-6-7-9-11-14-17-20(22)24-3/h10,13,19H,4-9,11-12,14-17H2,1-3H3/b13-10-. The van der Waals surface area contributed by atoms with E-state index in [4.69, 9.17) is 4.74 Å². The summed E-state index contributed by atoms with van der Waals surface area (Å²) in [7, 11) is 3.05. The van der Waals surface area contributed by atoms with Gasteiger partial charge in [0.1, 0.15) is 6.10 Å². The van der Waals surface area contributed by atoms with Gasteiger partial charge in [0, 0.05) is 20.0 Å². The van der Waals surface area contributed by atoms with Crippen LogP contribution in [0.4, 0.5) is 0 Å². The van der Waals surface area contributed by atoms with Crippen LogP contribution >= 0.6 is 0 Å². The van der Waals surface area contributed by atoms with Crippen LogP contribution in [0.3, 0.4) is 0 Å².